The van der Waals surface area contributed by atoms with E-state index < -0.39 is 6.10 Å². The van der Waals surface area contributed by atoms with Gasteiger partial charge in [-0.15, -0.1) is 0 Å². The average molecular weight is 300 g/mol. The third-order valence-electron chi connectivity index (χ3n) is 3.29. The molecule has 21 heavy (non-hydrogen) atoms. The van der Waals surface area contributed by atoms with Crippen molar-refractivity contribution in [3.8, 4) is 11.6 Å². The number of hydrogen-bond donors (Lipinski definition) is 1. The fourth-order valence-electron chi connectivity index (χ4n) is 2.23. The SMILES string of the molecule is CC(O)c1cccnc1Oc1ccc(Cl)c2ccccc12. The predicted octanol–water partition coefficient (Wildman–Crippen LogP) is 4.73. The van der Waals surface area contributed by atoms with E-state index in [-0.39, 0.29) is 0 Å². The normalized spacial score (nSPS) is 12.3. The van der Waals surface area contributed by atoms with Gasteiger partial charge in [-0.2, -0.15) is 0 Å². The van der Waals surface area contributed by atoms with Gasteiger partial charge in [-0.05, 0) is 31.2 Å². The van der Waals surface area contributed by atoms with Gasteiger partial charge in [0.25, 0.3) is 0 Å². The monoisotopic (exact) mass is 299 g/mol. The highest BCUT2D eigenvalue weighted by Crippen LogP contribution is 2.35. The minimum absolute atomic E-state index is 0.403. The summed E-state index contributed by atoms with van der Waals surface area (Å²) >= 11 is 6.20. The second-order valence-electron chi connectivity index (χ2n) is 4.77. The standard InChI is InChI=1S/C17H14ClNO2/c1-11(20)12-7-4-10-19-17(12)21-16-9-8-15(18)13-5-2-3-6-14(13)16/h2-11,20H,1H3. The number of hydrogen-bond acceptors (Lipinski definition) is 3. The maximum Gasteiger partial charge on any atom is 0.225 e. The van der Waals surface area contributed by atoms with Gasteiger partial charge in [0.2, 0.25) is 5.88 Å². The highest BCUT2D eigenvalue weighted by Gasteiger charge is 2.13. The molecular weight excluding hydrogens is 286 g/mol. The maximum absolute atomic E-state index is 9.80. The van der Waals surface area contributed by atoms with Gasteiger partial charge in [0.15, 0.2) is 0 Å². The number of aromatic nitrogens is 1. The summed E-state index contributed by atoms with van der Waals surface area (Å²) in [6.07, 6.45) is 0.992. The molecule has 1 atom stereocenters. The molecule has 2 aromatic carbocycles. The number of aliphatic hydroxyl groups excluding tert-OH is 1. The van der Waals surface area contributed by atoms with E-state index in [4.69, 9.17) is 16.3 Å². The summed E-state index contributed by atoms with van der Waals surface area (Å²) in [4.78, 5) is 4.21. The molecule has 0 spiro atoms. The Morgan fingerprint density at radius 1 is 1.05 bits per heavy atom. The van der Waals surface area contributed by atoms with Gasteiger partial charge in [-0.1, -0.05) is 35.9 Å². The summed E-state index contributed by atoms with van der Waals surface area (Å²) in [5, 5.41) is 12.3. The molecule has 0 saturated carbocycles. The summed E-state index contributed by atoms with van der Waals surface area (Å²) in [5.74, 6) is 1.07. The predicted molar refractivity (Wildman–Crippen MR) is 83.9 cm³/mol. The Bertz CT molecular complexity index is 787. The number of rotatable bonds is 3. The fourth-order valence-corrected chi connectivity index (χ4v) is 2.46. The van der Waals surface area contributed by atoms with Crippen LogP contribution in [0, 0.1) is 0 Å². The van der Waals surface area contributed by atoms with Gasteiger partial charge in [0, 0.05) is 27.6 Å². The molecule has 0 aliphatic rings. The second-order valence-corrected chi connectivity index (χ2v) is 5.17. The molecule has 0 radical (unpaired) electrons. The Balaban J connectivity index is 2.09. The van der Waals surface area contributed by atoms with E-state index in [1.165, 1.54) is 0 Å². The molecule has 0 aliphatic carbocycles. The Hall–Kier alpha value is -2.10. The van der Waals surface area contributed by atoms with Crippen LogP contribution in [0.3, 0.4) is 0 Å². The molecule has 0 saturated heterocycles. The Morgan fingerprint density at radius 3 is 2.57 bits per heavy atom. The third kappa shape index (κ3) is 2.71. The summed E-state index contributed by atoms with van der Waals surface area (Å²) in [7, 11) is 0. The van der Waals surface area contributed by atoms with Crippen LogP contribution in [-0.2, 0) is 0 Å². The van der Waals surface area contributed by atoms with E-state index in [9.17, 15) is 5.11 Å². The smallest absolute Gasteiger partial charge is 0.225 e. The van der Waals surface area contributed by atoms with Crippen LogP contribution in [-0.4, -0.2) is 10.1 Å². The number of aliphatic hydroxyl groups is 1. The zero-order chi connectivity index (χ0) is 14.8. The first-order chi connectivity index (χ1) is 10.2. The van der Waals surface area contributed by atoms with E-state index in [1.807, 2.05) is 30.3 Å². The molecule has 0 bridgehead atoms. The lowest BCUT2D eigenvalue weighted by molar-refractivity contribution is 0.194. The van der Waals surface area contributed by atoms with Gasteiger partial charge in [0.1, 0.15) is 5.75 Å². The number of nitrogens with zero attached hydrogens (tertiary/aromatic N) is 1. The molecule has 3 rings (SSSR count). The number of benzene rings is 2. The number of fused-ring (bicyclic) bond motifs is 1. The van der Waals surface area contributed by atoms with Gasteiger partial charge >= 0.3 is 0 Å². The topological polar surface area (TPSA) is 42.4 Å². The molecule has 1 aromatic heterocycles. The Labute approximate surface area is 127 Å². The van der Waals surface area contributed by atoms with Crippen molar-refractivity contribution in [2.75, 3.05) is 0 Å². The van der Waals surface area contributed by atoms with Crippen LogP contribution in [0.4, 0.5) is 0 Å². The van der Waals surface area contributed by atoms with Crippen LogP contribution in [0.25, 0.3) is 10.8 Å². The molecule has 0 amide bonds. The Morgan fingerprint density at radius 2 is 1.81 bits per heavy atom. The lowest BCUT2D eigenvalue weighted by Gasteiger charge is -2.13. The van der Waals surface area contributed by atoms with Gasteiger partial charge < -0.3 is 9.84 Å². The van der Waals surface area contributed by atoms with E-state index in [2.05, 4.69) is 4.98 Å². The molecular formula is C17H14ClNO2. The zero-order valence-corrected chi connectivity index (χ0v) is 12.2. The summed E-state index contributed by atoms with van der Waals surface area (Å²) in [6.45, 7) is 1.68. The lowest BCUT2D eigenvalue weighted by atomic mass is 10.1. The minimum Gasteiger partial charge on any atom is -0.438 e. The highest BCUT2D eigenvalue weighted by molar-refractivity contribution is 6.35. The van der Waals surface area contributed by atoms with Crippen molar-refractivity contribution in [1.29, 1.82) is 0 Å². The van der Waals surface area contributed by atoms with Crippen LogP contribution in [0.1, 0.15) is 18.6 Å². The van der Waals surface area contributed by atoms with Crippen molar-refractivity contribution in [2.24, 2.45) is 0 Å². The lowest BCUT2D eigenvalue weighted by Crippen LogP contribution is -1.98. The van der Waals surface area contributed by atoms with E-state index in [0.717, 1.165) is 10.8 Å². The summed E-state index contributed by atoms with van der Waals surface area (Å²) in [5.41, 5.74) is 0.650. The van der Waals surface area contributed by atoms with Crippen LogP contribution < -0.4 is 4.74 Å². The average Bonchev–Trinajstić information content (AvgIpc) is 2.51. The zero-order valence-electron chi connectivity index (χ0n) is 11.5. The minimum atomic E-state index is -0.646. The van der Waals surface area contributed by atoms with Crippen LogP contribution in [0.2, 0.25) is 5.02 Å². The molecule has 106 valence electrons. The number of ether oxygens (including phenoxy) is 1. The summed E-state index contributed by atoms with van der Waals surface area (Å²) in [6, 6.07) is 14.9. The molecule has 3 nitrogen and oxygen atoms in total. The van der Waals surface area contributed by atoms with Gasteiger partial charge in [-0.25, -0.2) is 4.98 Å². The van der Waals surface area contributed by atoms with E-state index in [0.29, 0.717) is 22.2 Å². The van der Waals surface area contributed by atoms with Crippen LogP contribution in [0.5, 0.6) is 11.6 Å². The fraction of sp³-hybridized carbons (Fsp3) is 0.118. The first kappa shape index (κ1) is 13.9. The largest absolute Gasteiger partial charge is 0.438 e. The first-order valence-corrected chi connectivity index (χ1v) is 7.02. The molecule has 4 heteroatoms. The highest BCUT2D eigenvalue weighted by atomic mass is 35.5. The van der Waals surface area contributed by atoms with Gasteiger partial charge in [-0.3, -0.25) is 0 Å². The molecule has 1 heterocycles. The number of pyridine rings is 1. The van der Waals surface area contributed by atoms with Crippen molar-refractivity contribution < 1.29 is 9.84 Å². The number of halogens is 1. The van der Waals surface area contributed by atoms with Crippen molar-refractivity contribution >= 4 is 22.4 Å². The van der Waals surface area contributed by atoms with E-state index >= 15 is 0 Å². The molecule has 1 unspecified atom stereocenters. The van der Waals surface area contributed by atoms with Crippen LogP contribution in [0.15, 0.2) is 54.7 Å². The second kappa shape index (κ2) is 5.72. The Kier molecular flexibility index (Phi) is 3.78. The van der Waals surface area contributed by atoms with E-state index in [1.54, 1.807) is 31.3 Å². The van der Waals surface area contributed by atoms with Gasteiger partial charge in [0.05, 0.1) is 6.10 Å². The van der Waals surface area contributed by atoms with Crippen molar-refractivity contribution in [2.45, 2.75) is 13.0 Å². The van der Waals surface area contributed by atoms with Crippen molar-refractivity contribution in [1.82, 2.24) is 4.98 Å². The first-order valence-electron chi connectivity index (χ1n) is 6.65. The summed E-state index contributed by atoms with van der Waals surface area (Å²) < 4.78 is 5.91. The van der Waals surface area contributed by atoms with Crippen LogP contribution >= 0.6 is 11.6 Å². The quantitative estimate of drug-likeness (QED) is 0.760. The molecule has 0 aliphatic heterocycles. The third-order valence-corrected chi connectivity index (χ3v) is 3.62. The molecule has 3 aromatic rings. The van der Waals surface area contributed by atoms with Crippen molar-refractivity contribution in [3.63, 3.8) is 0 Å². The molecule has 0 fully saturated rings. The van der Waals surface area contributed by atoms with Crippen molar-refractivity contribution in [3.05, 3.63) is 65.3 Å². The molecule has 1 N–H and O–H groups in total. The maximum atomic E-state index is 9.80.